The van der Waals surface area contributed by atoms with Gasteiger partial charge in [0.25, 0.3) is 0 Å². The number of H-pyrrole nitrogens is 1. The lowest BCUT2D eigenvalue weighted by Gasteiger charge is -2.23. The lowest BCUT2D eigenvalue weighted by Crippen LogP contribution is -2.30. The van der Waals surface area contributed by atoms with Crippen LogP contribution in [-0.2, 0) is 0 Å². The zero-order chi connectivity index (χ0) is 14.8. The summed E-state index contributed by atoms with van der Waals surface area (Å²) in [4.78, 5) is 2.03. The Morgan fingerprint density at radius 1 is 1.33 bits per heavy atom. The van der Waals surface area contributed by atoms with Gasteiger partial charge in [0, 0.05) is 26.2 Å². The van der Waals surface area contributed by atoms with E-state index in [0.29, 0.717) is 11.7 Å². The van der Waals surface area contributed by atoms with E-state index < -0.39 is 0 Å². The molecule has 0 atom stereocenters. The van der Waals surface area contributed by atoms with Gasteiger partial charge in [0.2, 0.25) is 0 Å². The van der Waals surface area contributed by atoms with Crippen LogP contribution >= 0.6 is 0 Å². The Hall–Kier alpha value is -1.95. The number of hydrogen-bond acceptors (Lipinski definition) is 5. The Morgan fingerprint density at radius 3 is 2.81 bits per heavy atom. The van der Waals surface area contributed by atoms with E-state index in [0.717, 1.165) is 42.0 Å². The fraction of sp³-hybridized carbons (Fsp3) is 0.533. The van der Waals surface area contributed by atoms with Crippen molar-refractivity contribution in [3.63, 3.8) is 0 Å². The minimum Gasteiger partial charge on any atom is -0.493 e. The third kappa shape index (κ3) is 2.90. The number of nitrogen functional groups attached to an aromatic ring is 1. The molecule has 1 aliphatic rings. The van der Waals surface area contributed by atoms with Crippen LogP contribution in [-0.4, -0.2) is 44.0 Å². The Kier molecular flexibility index (Phi) is 3.88. The molecular formula is C15H23N5O. The number of aromatic nitrogens is 2. The molecule has 6 heteroatoms. The highest BCUT2D eigenvalue weighted by Gasteiger charge is 2.16. The SMILES string of the molecule is CN(C)c1cc(OCC2CCNCC2)cc2[nH]nc(N)c12. The summed E-state index contributed by atoms with van der Waals surface area (Å²) in [6.07, 6.45) is 2.36. The highest BCUT2D eigenvalue weighted by Crippen LogP contribution is 2.33. The number of fused-ring (bicyclic) bond motifs is 1. The molecule has 21 heavy (non-hydrogen) atoms. The molecule has 1 aliphatic heterocycles. The largest absolute Gasteiger partial charge is 0.493 e. The van der Waals surface area contributed by atoms with Crippen molar-refractivity contribution in [3.8, 4) is 5.75 Å². The lowest BCUT2D eigenvalue weighted by molar-refractivity contribution is 0.215. The van der Waals surface area contributed by atoms with Gasteiger partial charge in [0.1, 0.15) is 5.75 Å². The van der Waals surface area contributed by atoms with E-state index in [2.05, 4.69) is 15.5 Å². The van der Waals surface area contributed by atoms with Gasteiger partial charge >= 0.3 is 0 Å². The Labute approximate surface area is 124 Å². The molecule has 3 rings (SSSR count). The number of rotatable bonds is 4. The van der Waals surface area contributed by atoms with Crippen LogP contribution in [0.25, 0.3) is 10.9 Å². The van der Waals surface area contributed by atoms with E-state index >= 15 is 0 Å². The van der Waals surface area contributed by atoms with Crippen molar-refractivity contribution in [1.82, 2.24) is 15.5 Å². The van der Waals surface area contributed by atoms with Crippen molar-refractivity contribution in [1.29, 1.82) is 0 Å². The smallest absolute Gasteiger partial charge is 0.155 e. The van der Waals surface area contributed by atoms with E-state index in [1.165, 1.54) is 12.8 Å². The quantitative estimate of drug-likeness (QED) is 0.796. The van der Waals surface area contributed by atoms with Crippen molar-refractivity contribution in [2.75, 3.05) is 44.4 Å². The molecule has 0 radical (unpaired) electrons. The molecule has 0 saturated carbocycles. The van der Waals surface area contributed by atoms with Gasteiger partial charge in [-0.3, -0.25) is 5.10 Å². The van der Waals surface area contributed by atoms with Crippen molar-refractivity contribution in [2.24, 2.45) is 5.92 Å². The fourth-order valence-corrected chi connectivity index (χ4v) is 2.83. The van der Waals surface area contributed by atoms with Crippen LogP contribution < -0.4 is 20.7 Å². The number of hydrogen-bond donors (Lipinski definition) is 3. The maximum Gasteiger partial charge on any atom is 0.155 e. The zero-order valence-corrected chi connectivity index (χ0v) is 12.6. The van der Waals surface area contributed by atoms with Gasteiger partial charge in [-0.1, -0.05) is 0 Å². The van der Waals surface area contributed by atoms with E-state index in [1.54, 1.807) is 0 Å². The summed E-state index contributed by atoms with van der Waals surface area (Å²) in [6, 6.07) is 4.02. The van der Waals surface area contributed by atoms with Crippen molar-refractivity contribution >= 4 is 22.4 Å². The Bertz CT molecular complexity index is 616. The summed E-state index contributed by atoms with van der Waals surface area (Å²) in [6.45, 7) is 2.95. The van der Waals surface area contributed by atoms with E-state index in [9.17, 15) is 0 Å². The second kappa shape index (κ2) is 5.81. The number of nitrogens with zero attached hydrogens (tertiary/aromatic N) is 2. The molecule has 1 saturated heterocycles. The molecule has 0 bridgehead atoms. The van der Waals surface area contributed by atoms with Crippen LogP contribution in [0.2, 0.25) is 0 Å². The summed E-state index contributed by atoms with van der Waals surface area (Å²) < 4.78 is 6.01. The molecular weight excluding hydrogens is 266 g/mol. The summed E-state index contributed by atoms with van der Waals surface area (Å²) in [5.41, 5.74) is 7.88. The molecule has 0 unspecified atom stereocenters. The number of benzene rings is 1. The zero-order valence-electron chi connectivity index (χ0n) is 12.6. The highest BCUT2D eigenvalue weighted by molar-refractivity contribution is 6.00. The second-order valence-corrected chi connectivity index (χ2v) is 5.87. The molecule has 0 spiro atoms. The van der Waals surface area contributed by atoms with Crippen LogP contribution in [0.4, 0.5) is 11.5 Å². The van der Waals surface area contributed by atoms with Crippen LogP contribution in [0.5, 0.6) is 5.75 Å². The predicted octanol–water partition coefficient (Wildman–Crippen LogP) is 1.59. The molecule has 6 nitrogen and oxygen atoms in total. The van der Waals surface area contributed by atoms with Gasteiger partial charge in [0.15, 0.2) is 5.82 Å². The van der Waals surface area contributed by atoms with Gasteiger partial charge in [-0.2, -0.15) is 5.10 Å². The van der Waals surface area contributed by atoms with Crippen LogP contribution in [0.1, 0.15) is 12.8 Å². The number of aromatic amines is 1. The molecule has 2 aromatic rings. The molecule has 1 aromatic carbocycles. The lowest BCUT2D eigenvalue weighted by atomic mass is 9.99. The van der Waals surface area contributed by atoms with Gasteiger partial charge in [0.05, 0.1) is 23.2 Å². The summed E-state index contributed by atoms with van der Waals surface area (Å²) in [7, 11) is 4.00. The third-order valence-corrected chi connectivity index (χ3v) is 4.07. The summed E-state index contributed by atoms with van der Waals surface area (Å²) >= 11 is 0. The average Bonchev–Trinajstić information content (AvgIpc) is 2.87. The first kappa shape index (κ1) is 14.0. The molecule has 114 valence electrons. The molecule has 1 fully saturated rings. The van der Waals surface area contributed by atoms with Crippen LogP contribution in [0.15, 0.2) is 12.1 Å². The van der Waals surface area contributed by atoms with Crippen LogP contribution in [0, 0.1) is 5.92 Å². The molecule has 1 aromatic heterocycles. The standard InChI is InChI=1S/C15H23N5O/c1-20(2)13-8-11(7-12-14(13)15(16)19-18-12)21-9-10-3-5-17-6-4-10/h7-8,10,17H,3-6,9H2,1-2H3,(H3,16,18,19). The van der Waals surface area contributed by atoms with Crippen LogP contribution in [0.3, 0.4) is 0 Å². The maximum atomic E-state index is 6.01. The average molecular weight is 289 g/mol. The first-order chi connectivity index (χ1) is 10.1. The number of ether oxygens (including phenoxy) is 1. The fourth-order valence-electron chi connectivity index (χ4n) is 2.83. The molecule has 0 amide bonds. The number of nitrogens with two attached hydrogens (primary N) is 1. The highest BCUT2D eigenvalue weighted by atomic mass is 16.5. The van der Waals surface area contributed by atoms with Crippen molar-refractivity contribution in [2.45, 2.75) is 12.8 Å². The number of piperidine rings is 1. The van der Waals surface area contributed by atoms with Gasteiger partial charge < -0.3 is 20.7 Å². The topological polar surface area (TPSA) is 79.2 Å². The first-order valence-electron chi connectivity index (χ1n) is 7.43. The summed E-state index contributed by atoms with van der Waals surface area (Å²) in [5.74, 6) is 2.03. The Balaban J connectivity index is 1.82. The van der Waals surface area contributed by atoms with Crippen molar-refractivity contribution in [3.05, 3.63) is 12.1 Å². The molecule has 2 heterocycles. The van der Waals surface area contributed by atoms with E-state index in [1.807, 2.05) is 31.1 Å². The van der Waals surface area contributed by atoms with Crippen molar-refractivity contribution < 1.29 is 4.74 Å². The summed E-state index contributed by atoms with van der Waals surface area (Å²) in [5, 5.41) is 11.4. The Morgan fingerprint density at radius 2 is 2.10 bits per heavy atom. The third-order valence-electron chi connectivity index (χ3n) is 4.07. The van der Waals surface area contributed by atoms with E-state index in [-0.39, 0.29) is 0 Å². The second-order valence-electron chi connectivity index (χ2n) is 5.87. The minimum absolute atomic E-state index is 0.526. The molecule has 4 N–H and O–H groups in total. The normalized spacial score (nSPS) is 16.3. The maximum absolute atomic E-state index is 6.01. The molecule has 0 aliphatic carbocycles. The minimum atomic E-state index is 0.526. The first-order valence-corrected chi connectivity index (χ1v) is 7.43. The van der Waals surface area contributed by atoms with Gasteiger partial charge in [-0.25, -0.2) is 0 Å². The van der Waals surface area contributed by atoms with Gasteiger partial charge in [-0.05, 0) is 31.8 Å². The number of nitrogens with one attached hydrogen (secondary N) is 2. The van der Waals surface area contributed by atoms with E-state index in [4.69, 9.17) is 10.5 Å². The predicted molar refractivity (Wildman–Crippen MR) is 85.9 cm³/mol. The monoisotopic (exact) mass is 289 g/mol. The number of anilines is 2. The van der Waals surface area contributed by atoms with Gasteiger partial charge in [-0.15, -0.1) is 0 Å².